The van der Waals surface area contributed by atoms with E-state index >= 15 is 0 Å². The molecule has 1 aromatic rings. The van der Waals surface area contributed by atoms with Crippen LogP contribution in [0.1, 0.15) is 23.4 Å². The van der Waals surface area contributed by atoms with Gasteiger partial charge in [-0.2, -0.15) is 0 Å². The van der Waals surface area contributed by atoms with Gasteiger partial charge in [0.15, 0.2) is 0 Å². The molecule has 1 heterocycles. The molecule has 0 spiro atoms. The maximum atomic E-state index is 12.6. The molecule has 0 aromatic carbocycles. The predicted octanol–water partition coefficient (Wildman–Crippen LogP) is 3.15. The first-order chi connectivity index (χ1) is 7.45. The first-order valence-corrected chi connectivity index (χ1v) is 6.39. The third kappa shape index (κ3) is 3.34. The molecule has 0 bridgehead atoms. The lowest BCUT2D eigenvalue weighted by Gasteiger charge is -2.09. The maximum absolute atomic E-state index is 12.6. The number of aromatic nitrogens is 1. The maximum Gasteiger partial charge on any atom is 0.309 e. The number of pyridine rings is 1. The largest absolute Gasteiger partial charge is 0.481 e. The second kappa shape index (κ2) is 5.85. The monoisotopic (exact) mass is 405 g/mol. The Hall–Kier alpha value is -0.310. The van der Waals surface area contributed by atoms with Crippen LogP contribution in [0, 0.1) is 3.57 Å². The van der Waals surface area contributed by atoms with E-state index in [0.717, 1.165) is 0 Å². The number of halogens is 4. The van der Waals surface area contributed by atoms with E-state index in [2.05, 4.69) is 20.9 Å². The molecule has 0 saturated carbocycles. The number of aliphatic carboxylic acids is 1. The van der Waals surface area contributed by atoms with Gasteiger partial charge in [0.25, 0.3) is 6.43 Å². The van der Waals surface area contributed by atoms with Gasteiger partial charge in [-0.1, -0.05) is 15.9 Å². The first-order valence-electron chi connectivity index (χ1n) is 4.19. The van der Waals surface area contributed by atoms with E-state index in [-0.39, 0.29) is 17.8 Å². The van der Waals surface area contributed by atoms with Gasteiger partial charge in [-0.05, 0) is 34.2 Å². The van der Waals surface area contributed by atoms with E-state index in [1.165, 1.54) is 6.07 Å². The summed E-state index contributed by atoms with van der Waals surface area (Å²) in [5, 5.41) is 8.98. The number of rotatable bonds is 4. The summed E-state index contributed by atoms with van der Waals surface area (Å²) in [5.74, 6) is -1.09. The normalized spacial score (nSPS) is 10.8. The minimum Gasteiger partial charge on any atom is -0.481 e. The lowest BCUT2D eigenvalue weighted by Crippen LogP contribution is -2.07. The van der Waals surface area contributed by atoms with Gasteiger partial charge in [0.05, 0.1) is 12.1 Å². The summed E-state index contributed by atoms with van der Waals surface area (Å²) < 4.78 is 25.6. The van der Waals surface area contributed by atoms with E-state index in [0.29, 0.717) is 14.5 Å². The van der Waals surface area contributed by atoms with E-state index in [1.54, 1.807) is 22.6 Å². The summed E-state index contributed by atoms with van der Waals surface area (Å²) in [5.41, 5.74) is 0.425. The molecule has 0 radical (unpaired) electrons. The fourth-order valence-electron chi connectivity index (χ4n) is 1.15. The molecule has 1 rings (SSSR count). The van der Waals surface area contributed by atoms with Crippen molar-refractivity contribution < 1.29 is 18.7 Å². The van der Waals surface area contributed by atoms with Gasteiger partial charge in [-0.25, -0.2) is 8.78 Å². The van der Waals surface area contributed by atoms with E-state index in [4.69, 9.17) is 5.11 Å². The van der Waals surface area contributed by atoms with Crippen molar-refractivity contribution in [1.29, 1.82) is 0 Å². The molecule has 0 fully saturated rings. The number of hydrogen-bond acceptors (Lipinski definition) is 2. The average molecular weight is 406 g/mol. The topological polar surface area (TPSA) is 50.2 Å². The molecule has 0 amide bonds. The van der Waals surface area contributed by atoms with Gasteiger partial charge in [0, 0.05) is 8.90 Å². The van der Waals surface area contributed by atoms with Gasteiger partial charge in [0.2, 0.25) is 0 Å². The Bertz CT molecular complexity index is 415. The number of carbonyl (C=O) groups is 1. The van der Waals surface area contributed by atoms with Gasteiger partial charge < -0.3 is 5.11 Å². The van der Waals surface area contributed by atoms with Crippen molar-refractivity contribution in [2.45, 2.75) is 18.2 Å². The van der Waals surface area contributed by atoms with Crippen LogP contribution in [0.5, 0.6) is 0 Å². The van der Waals surface area contributed by atoms with Crippen LogP contribution in [0.15, 0.2) is 6.07 Å². The smallest absolute Gasteiger partial charge is 0.309 e. The molecule has 0 aliphatic carbocycles. The summed E-state index contributed by atoms with van der Waals surface area (Å²) in [6.07, 6.45) is -3.05. The lowest BCUT2D eigenvalue weighted by molar-refractivity contribution is -0.136. The van der Waals surface area contributed by atoms with Crippen molar-refractivity contribution in [2.24, 2.45) is 0 Å². The van der Waals surface area contributed by atoms with Crippen LogP contribution in [0.3, 0.4) is 0 Å². The number of carboxylic acid groups (broad SMARTS) is 1. The molecule has 7 heteroatoms. The van der Waals surface area contributed by atoms with Crippen molar-refractivity contribution in [1.82, 2.24) is 4.98 Å². The number of nitrogens with zero attached hydrogens (tertiary/aromatic N) is 1. The zero-order valence-corrected chi connectivity index (χ0v) is 11.6. The van der Waals surface area contributed by atoms with Gasteiger partial charge in [0.1, 0.15) is 5.69 Å². The number of hydrogen-bond donors (Lipinski definition) is 1. The summed E-state index contributed by atoms with van der Waals surface area (Å²) >= 11 is 4.95. The number of carboxylic acids is 1. The quantitative estimate of drug-likeness (QED) is 0.618. The minimum atomic E-state index is -2.70. The molecule has 1 N–H and O–H groups in total. The molecule has 0 saturated heterocycles. The summed E-state index contributed by atoms with van der Waals surface area (Å²) in [6.45, 7) is 0. The van der Waals surface area contributed by atoms with Crippen LogP contribution < -0.4 is 0 Å². The highest BCUT2D eigenvalue weighted by molar-refractivity contribution is 14.1. The van der Waals surface area contributed by atoms with E-state index < -0.39 is 12.4 Å². The molecule has 3 nitrogen and oxygen atoms in total. The van der Waals surface area contributed by atoms with E-state index in [9.17, 15) is 13.6 Å². The Kier molecular flexibility index (Phi) is 5.03. The minimum absolute atomic E-state index is 0.151. The SMILES string of the molecule is O=C(O)Cc1cc(CBr)c(I)c(C(F)F)n1. The van der Waals surface area contributed by atoms with Gasteiger partial charge in [-0.3, -0.25) is 9.78 Å². The van der Waals surface area contributed by atoms with Crippen LogP contribution in [0.25, 0.3) is 0 Å². The lowest BCUT2D eigenvalue weighted by atomic mass is 10.2. The van der Waals surface area contributed by atoms with Crippen molar-refractivity contribution in [3.05, 3.63) is 26.6 Å². The molecule has 88 valence electrons. The predicted molar refractivity (Wildman–Crippen MR) is 65.9 cm³/mol. The molecule has 0 aliphatic rings. The van der Waals surface area contributed by atoms with Crippen molar-refractivity contribution >= 4 is 44.5 Å². The third-order valence-electron chi connectivity index (χ3n) is 1.79. The van der Waals surface area contributed by atoms with Crippen molar-refractivity contribution in [2.75, 3.05) is 0 Å². The molecule has 0 aliphatic heterocycles. The highest BCUT2D eigenvalue weighted by Gasteiger charge is 2.18. The van der Waals surface area contributed by atoms with Crippen LogP contribution in [0.4, 0.5) is 8.78 Å². The zero-order chi connectivity index (χ0) is 12.3. The second-order valence-corrected chi connectivity index (χ2v) is 4.62. The standard InChI is InChI=1S/C9H7BrF2INO2/c10-3-4-1-5(2-6(15)16)14-8(7(4)13)9(11)12/h1,9H,2-3H2,(H,15,16). The third-order valence-corrected chi connectivity index (χ3v) is 3.64. The van der Waals surface area contributed by atoms with Crippen molar-refractivity contribution in [3.8, 4) is 0 Å². The summed E-state index contributed by atoms with van der Waals surface area (Å²) in [7, 11) is 0. The fourth-order valence-corrected chi connectivity index (χ4v) is 2.82. The molecule has 0 unspecified atom stereocenters. The molecule has 16 heavy (non-hydrogen) atoms. The second-order valence-electron chi connectivity index (χ2n) is 2.98. The van der Waals surface area contributed by atoms with Crippen LogP contribution >= 0.6 is 38.5 Å². The molecular formula is C9H7BrF2INO2. The zero-order valence-electron chi connectivity index (χ0n) is 7.88. The Morgan fingerprint density at radius 2 is 2.25 bits per heavy atom. The van der Waals surface area contributed by atoms with Gasteiger partial charge >= 0.3 is 5.97 Å². The molecule has 0 atom stereocenters. The summed E-state index contributed by atoms with van der Waals surface area (Å²) in [4.78, 5) is 14.2. The van der Waals surface area contributed by atoms with Crippen LogP contribution in [-0.2, 0) is 16.5 Å². The van der Waals surface area contributed by atoms with Crippen LogP contribution in [0.2, 0.25) is 0 Å². The van der Waals surface area contributed by atoms with Gasteiger partial charge in [-0.15, -0.1) is 0 Å². The summed E-state index contributed by atoms with van der Waals surface area (Å²) in [6, 6.07) is 1.52. The Labute approximate surface area is 113 Å². The fraction of sp³-hybridized carbons (Fsp3) is 0.333. The first kappa shape index (κ1) is 13.8. The highest BCUT2D eigenvalue weighted by Crippen LogP contribution is 2.27. The Balaban J connectivity index is 3.22. The Morgan fingerprint density at radius 3 is 2.69 bits per heavy atom. The van der Waals surface area contributed by atoms with E-state index in [1.807, 2.05) is 0 Å². The Morgan fingerprint density at radius 1 is 1.62 bits per heavy atom. The van der Waals surface area contributed by atoms with Crippen molar-refractivity contribution in [3.63, 3.8) is 0 Å². The molecule has 1 aromatic heterocycles. The molecular weight excluding hydrogens is 399 g/mol. The van der Waals surface area contributed by atoms with Crippen LogP contribution in [-0.4, -0.2) is 16.1 Å². The number of alkyl halides is 3. The highest BCUT2D eigenvalue weighted by atomic mass is 127. The average Bonchev–Trinajstić information content (AvgIpc) is 2.19.